The van der Waals surface area contributed by atoms with Crippen LogP contribution in [-0.4, -0.2) is 44.8 Å². The molecule has 190 valence electrons. The molecule has 0 aliphatic heterocycles. The van der Waals surface area contributed by atoms with Crippen molar-refractivity contribution in [3.8, 4) is 0 Å². The fourth-order valence-electron chi connectivity index (χ4n) is 3.58. The first-order valence-electron chi connectivity index (χ1n) is 11.1. The molecule has 2 amide bonds. The Morgan fingerprint density at radius 3 is 2.14 bits per heavy atom. The molecule has 10 heteroatoms. The lowest BCUT2D eigenvalue weighted by atomic mass is 10.1. The Bertz CT molecular complexity index is 1330. The van der Waals surface area contributed by atoms with E-state index >= 15 is 0 Å². The number of hydrogen-bond acceptors (Lipinski definition) is 4. The maximum absolute atomic E-state index is 13.7. The van der Waals surface area contributed by atoms with E-state index in [0.717, 1.165) is 15.4 Å². The second-order valence-corrected chi connectivity index (χ2v) is 10.9. The number of likely N-dealkylation sites (N-methyl/N-ethyl adjacent to an activating group) is 1. The third kappa shape index (κ3) is 6.37. The monoisotopic (exact) mass is 547 g/mol. The Kier molecular flexibility index (Phi) is 9.00. The van der Waals surface area contributed by atoms with Gasteiger partial charge in [0.2, 0.25) is 11.8 Å². The van der Waals surface area contributed by atoms with Crippen molar-refractivity contribution in [3.63, 3.8) is 0 Å². The molecule has 0 saturated carbocycles. The van der Waals surface area contributed by atoms with Crippen LogP contribution in [0.3, 0.4) is 0 Å². The van der Waals surface area contributed by atoms with Gasteiger partial charge in [0.05, 0.1) is 15.6 Å². The number of nitrogens with one attached hydrogen (secondary N) is 1. The lowest BCUT2D eigenvalue weighted by Gasteiger charge is -2.32. The van der Waals surface area contributed by atoms with E-state index in [-0.39, 0.29) is 28.1 Å². The first-order chi connectivity index (χ1) is 17.0. The number of halogens is 2. The normalized spacial score (nSPS) is 12.0. The van der Waals surface area contributed by atoms with Crippen LogP contribution in [0.5, 0.6) is 0 Å². The number of aryl methyl sites for hydroxylation is 1. The Morgan fingerprint density at radius 2 is 1.56 bits per heavy atom. The lowest BCUT2D eigenvalue weighted by molar-refractivity contribution is -0.139. The van der Waals surface area contributed by atoms with E-state index in [9.17, 15) is 18.0 Å². The summed E-state index contributed by atoms with van der Waals surface area (Å²) in [6.07, 6.45) is 0. The summed E-state index contributed by atoms with van der Waals surface area (Å²) >= 11 is 12.4. The minimum Gasteiger partial charge on any atom is -0.357 e. The van der Waals surface area contributed by atoms with Crippen molar-refractivity contribution < 1.29 is 18.0 Å². The van der Waals surface area contributed by atoms with Gasteiger partial charge in [0.1, 0.15) is 12.6 Å². The number of hydrogen-bond donors (Lipinski definition) is 1. The van der Waals surface area contributed by atoms with E-state index in [1.807, 2.05) is 6.92 Å². The summed E-state index contributed by atoms with van der Waals surface area (Å²) in [5.41, 5.74) is 1.78. The Balaban J connectivity index is 2.04. The second kappa shape index (κ2) is 11.8. The molecule has 0 aliphatic carbocycles. The highest BCUT2D eigenvalue weighted by Crippen LogP contribution is 2.31. The van der Waals surface area contributed by atoms with Gasteiger partial charge in [0, 0.05) is 18.6 Å². The highest BCUT2D eigenvalue weighted by molar-refractivity contribution is 7.92. The van der Waals surface area contributed by atoms with Gasteiger partial charge in [-0.15, -0.1) is 0 Å². The van der Waals surface area contributed by atoms with Gasteiger partial charge in [-0.2, -0.15) is 0 Å². The van der Waals surface area contributed by atoms with Gasteiger partial charge in [-0.25, -0.2) is 8.42 Å². The number of sulfonamides is 1. The highest BCUT2D eigenvalue weighted by Gasteiger charge is 2.33. The number of para-hydroxylation sites is 1. The van der Waals surface area contributed by atoms with Crippen LogP contribution in [0.4, 0.5) is 5.69 Å². The van der Waals surface area contributed by atoms with Crippen LogP contribution in [0, 0.1) is 6.92 Å². The maximum Gasteiger partial charge on any atom is 0.264 e. The van der Waals surface area contributed by atoms with E-state index in [0.29, 0.717) is 5.02 Å². The molecule has 3 rings (SSSR count). The van der Waals surface area contributed by atoms with Gasteiger partial charge in [-0.05, 0) is 55.8 Å². The number of benzene rings is 3. The number of carbonyl (C=O) groups excluding carboxylic acids is 2. The molecule has 0 aliphatic rings. The Hall–Kier alpha value is -3.07. The fraction of sp³-hybridized carbons (Fsp3) is 0.231. The zero-order chi connectivity index (χ0) is 26.5. The van der Waals surface area contributed by atoms with Crippen molar-refractivity contribution in [2.45, 2.75) is 31.3 Å². The molecule has 0 aromatic heterocycles. The SMILES string of the molecule is CNC(=O)C(C)N(Cc1ccc(Cl)cc1)C(=O)CN(c1ccccc1Cl)S(=O)(=O)c1ccc(C)cc1. The molecule has 36 heavy (non-hydrogen) atoms. The number of amides is 2. The predicted molar refractivity (Wildman–Crippen MR) is 143 cm³/mol. The van der Waals surface area contributed by atoms with Crippen molar-refractivity contribution in [2.24, 2.45) is 0 Å². The summed E-state index contributed by atoms with van der Waals surface area (Å²) in [6.45, 7) is 2.95. The van der Waals surface area contributed by atoms with Crippen LogP contribution in [0.1, 0.15) is 18.1 Å². The molecule has 1 N–H and O–H groups in total. The molecular weight excluding hydrogens is 521 g/mol. The first kappa shape index (κ1) is 27.5. The number of nitrogens with zero attached hydrogens (tertiary/aromatic N) is 2. The van der Waals surface area contributed by atoms with Gasteiger partial charge in [-0.3, -0.25) is 13.9 Å². The molecule has 7 nitrogen and oxygen atoms in total. The average molecular weight is 548 g/mol. The number of carbonyl (C=O) groups is 2. The van der Waals surface area contributed by atoms with Crippen LogP contribution in [0.25, 0.3) is 0 Å². The van der Waals surface area contributed by atoms with Gasteiger partial charge < -0.3 is 10.2 Å². The molecule has 0 fully saturated rings. The summed E-state index contributed by atoms with van der Waals surface area (Å²) in [5, 5.41) is 3.25. The summed E-state index contributed by atoms with van der Waals surface area (Å²) in [6, 6.07) is 18.7. The molecule has 1 atom stereocenters. The van der Waals surface area contributed by atoms with Crippen LogP contribution < -0.4 is 9.62 Å². The van der Waals surface area contributed by atoms with Crippen LogP contribution in [-0.2, 0) is 26.2 Å². The molecular formula is C26H27Cl2N3O4S. The largest absolute Gasteiger partial charge is 0.357 e. The van der Waals surface area contributed by atoms with Crippen LogP contribution in [0.15, 0.2) is 77.7 Å². The van der Waals surface area contributed by atoms with E-state index in [4.69, 9.17) is 23.2 Å². The third-order valence-electron chi connectivity index (χ3n) is 5.69. The van der Waals surface area contributed by atoms with E-state index < -0.39 is 28.5 Å². The van der Waals surface area contributed by atoms with Crippen molar-refractivity contribution in [1.82, 2.24) is 10.2 Å². The van der Waals surface area contributed by atoms with E-state index in [2.05, 4.69) is 5.32 Å². The number of anilines is 1. The smallest absolute Gasteiger partial charge is 0.264 e. The third-order valence-corrected chi connectivity index (χ3v) is 8.03. The standard InChI is InChI=1S/C26H27Cl2N3O4S/c1-18-8-14-22(15-9-18)36(34,35)31(24-7-5-4-6-23(24)28)17-25(32)30(19(2)26(33)29-3)16-20-10-12-21(27)13-11-20/h4-15,19H,16-17H2,1-3H3,(H,29,33). The molecule has 0 heterocycles. The fourth-order valence-corrected chi connectivity index (χ4v) is 5.43. The molecule has 0 spiro atoms. The molecule has 3 aromatic carbocycles. The minimum atomic E-state index is -4.17. The lowest BCUT2D eigenvalue weighted by Crippen LogP contribution is -2.50. The first-order valence-corrected chi connectivity index (χ1v) is 13.3. The summed E-state index contributed by atoms with van der Waals surface area (Å²) in [7, 11) is -2.69. The minimum absolute atomic E-state index is 0.0180. The van der Waals surface area contributed by atoms with Gasteiger partial charge >= 0.3 is 0 Å². The van der Waals surface area contributed by atoms with Gasteiger partial charge in [0.15, 0.2) is 0 Å². The maximum atomic E-state index is 13.7. The topological polar surface area (TPSA) is 86.8 Å². The zero-order valence-electron chi connectivity index (χ0n) is 20.1. The molecule has 1 unspecified atom stereocenters. The number of rotatable bonds is 9. The Labute approximate surface area is 221 Å². The van der Waals surface area contributed by atoms with E-state index in [1.165, 1.54) is 30.1 Å². The summed E-state index contributed by atoms with van der Waals surface area (Å²) in [4.78, 5) is 27.5. The summed E-state index contributed by atoms with van der Waals surface area (Å²) < 4.78 is 28.4. The van der Waals surface area contributed by atoms with Crippen LogP contribution in [0.2, 0.25) is 10.0 Å². The van der Waals surface area contributed by atoms with Crippen molar-refractivity contribution >= 4 is 50.7 Å². The zero-order valence-corrected chi connectivity index (χ0v) is 22.4. The molecule has 0 saturated heterocycles. The van der Waals surface area contributed by atoms with Crippen molar-refractivity contribution in [1.29, 1.82) is 0 Å². The predicted octanol–water partition coefficient (Wildman–Crippen LogP) is 4.66. The van der Waals surface area contributed by atoms with Gasteiger partial charge in [-0.1, -0.05) is 65.2 Å². The summed E-state index contributed by atoms with van der Waals surface area (Å²) in [5.74, 6) is -0.959. The highest BCUT2D eigenvalue weighted by atomic mass is 35.5. The Morgan fingerprint density at radius 1 is 0.944 bits per heavy atom. The second-order valence-electron chi connectivity index (χ2n) is 8.21. The average Bonchev–Trinajstić information content (AvgIpc) is 2.86. The molecule has 0 bridgehead atoms. The van der Waals surface area contributed by atoms with Crippen molar-refractivity contribution in [2.75, 3.05) is 17.9 Å². The van der Waals surface area contributed by atoms with Crippen LogP contribution >= 0.6 is 23.2 Å². The van der Waals surface area contributed by atoms with Crippen molar-refractivity contribution in [3.05, 3.63) is 94.0 Å². The van der Waals surface area contributed by atoms with Gasteiger partial charge in [0.25, 0.3) is 10.0 Å². The molecule has 3 aromatic rings. The molecule has 0 radical (unpaired) electrons. The van der Waals surface area contributed by atoms with E-state index in [1.54, 1.807) is 61.5 Å². The quantitative estimate of drug-likeness (QED) is 0.422.